The Morgan fingerprint density at radius 1 is 1.19 bits per heavy atom. The van der Waals surface area contributed by atoms with Crippen LogP contribution in [-0.2, 0) is 17.9 Å². The van der Waals surface area contributed by atoms with Crippen molar-refractivity contribution in [1.82, 2.24) is 4.90 Å². The number of carbonyl (C=O) groups excluding carboxylic acids is 1. The molecule has 106 valence electrons. The summed E-state index contributed by atoms with van der Waals surface area (Å²) in [6, 6.07) is 8.90. The monoisotopic (exact) mass is 299 g/mol. The number of thiophene rings is 1. The molecule has 0 fully saturated rings. The zero-order valence-electron chi connectivity index (χ0n) is 11.2. The van der Waals surface area contributed by atoms with Crippen LogP contribution in [0.25, 0.3) is 6.08 Å². The van der Waals surface area contributed by atoms with Crippen molar-refractivity contribution in [3.8, 4) is 0 Å². The molecule has 0 saturated heterocycles. The molecule has 5 heteroatoms. The molecular weight excluding hydrogens is 286 g/mol. The smallest absolute Gasteiger partial charge is 0.335 e. The van der Waals surface area contributed by atoms with Crippen molar-refractivity contribution >= 4 is 29.3 Å². The number of carbonyl (C=O) groups is 2. The first-order valence-corrected chi connectivity index (χ1v) is 7.37. The van der Waals surface area contributed by atoms with E-state index in [1.165, 1.54) is 0 Å². The minimum Gasteiger partial charge on any atom is -0.478 e. The van der Waals surface area contributed by atoms with E-state index in [4.69, 9.17) is 5.11 Å². The van der Waals surface area contributed by atoms with Crippen molar-refractivity contribution < 1.29 is 14.7 Å². The van der Waals surface area contributed by atoms with Gasteiger partial charge < -0.3 is 10.0 Å². The van der Waals surface area contributed by atoms with E-state index in [-0.39, 0.29) is 11.5 Å². The van der Waals surface area contributed by atoms with Gasteiger partial charge in [0.1, 0.15) is 0 Å². The maximum absolute atomic E-state index is 12.2. The summed E-state index contributed by atoms with van der Waals surface area (Å²) in [5.74, 6) is -1.00. The molecule has 0 radical (unpaired) electrons. The van der Waals surface area contributed by atoms with Gasteiger partial charge in [0.2, 0.25) is 5.91 Å². The quantitative estimate of drug-likeness (QED) is 0.886. The van der Waals surface area contributed by atoms with Crippen LogP contribution in [0.4, 0.5) is 0 Å². The SMILES string of the molecule is O=C(O)c1ccc2c(c1)CN(C(=O)/C=C/c1cccs1)C2. The Morgan fingerprint density at radius 3 is 2.71 bits per heavy atom. The lowest BCUT2D eigenvalue weighted by Gasteiger charge is -2.12. The summed E-state index contributed by atoms with van der Waals surface area (Å²) in [6.07, 6.45) is 3.37. The molecule has 2 heterocycles. The van der Waals surface area contributed by atoms with E-state index in [1.807, 2.05) is 17.5 Å². The van der Waals surface area contributed by atoms with E-state index in [0.717, 1.165) is 16.0 Å². The van der Waals surface area contributed by atoms with Gasteiger partial charge in [0, 0.05) is 24.0 Å². The van der Waals surface area contributed by atoms with Crippen LogP contribution < -0.4 is 0 Å². The van der Waals surface area contributed by atoms with Crippen molar-refractivity contribution in [2.75, 3.05) is 0 Å². The molecule has 0 aliphatic carbocycles. The highest BCUT2D eigenvalue weighted by Gasteiger charge is 2.22. The van der Waals surface area contributed by atoms with Gasteiger partial charge in [0.25, 0.3) is 0 Å². The fraction of sp³-hybridized carbons (Fsp3) is 0.125. The van der Waals surface area contributed by atoms with Crippen LogP contribution in [0.2, 0.25) is 0 Å². The molecule has 1 amide bonds. The number of fused-ring (bicyclic) bond motifs is 1. The van der Waals surface area contributed by atoms with E-state index in [1.54, 1.807) is 46.6 Å². The number of rotatable bonds is 3. The van der Waals surface area contributed by atoms with Crippen molar-refractivity contribution in [2.24, 2.45) is 0 Å². The number of aromatic carboxylic acids is 1. The normalized spacial score (nSPS) is 13.6. The van der Waals surface area contributed by atoms with Crippen LogP contribution in [0.5, 0.6) is 0 Å². The summed E-state index contributed by atoms with van der Waals surface area (Å²) < 4.78 is 0. The van der Waals surface area contributed by atoms with Crippen LogP contribution in [0.15, 0.2) is 41.8 Å². The Bertz CT molecular complexity index is 719. The van der Waals surface area contributed by atoms with Crippen molar-refractivity contribution in [2.45, 2.75) is 13.1 Å². The number of hydrogen-bond acceptors (Lipinski definition) is 3. The highest BCUT2D eigenvalue weighted by Crippen LogP contribution is 2.24. The number of carboxylic acids is 1. The predicted octanol–water partition coefficient (Wildman–Crippen LogP) is 3.00. The van der Waals surface area contributed by atoms with Crippen LogP contribution in [0, 0.1) is 0 Å². The zero-order chi connectivity index (χ0) is 14.8. The Balaban J connectivity index is 1.72. The van der Waals surface area contributed by atoms with Gasteiger partial charge >= 0.3 is 5.97 Å². The molecule has 1 aromatic carbocycles. The van der Waals surface area contributed by atoms with Gasteiger partial charge in [0.15, 0.2) is 0 Å². The summed E-state index contributed by atoms with van der Waals surface area (Å²) in [7, 11) is 0. The number of amides is 1. The highest BCUT2D eigenvalue weighted by atomic mass is 32.1. The molecule has 0 atom stereocenters. The van der Waals surface area contributed by atoms with Crippen LogP contribution in [-0.4, -0.2) is 21.9 Å². The first-order chi connectivity index (χ1) is 10.1. The summed E-state index contributed by atoms with van der Waals surface area (Å²) in [5, 5.41) is 11.0. The minimum atomic E-state index is -0.944. The lowest BCUT2D eigenvalue weighted by molar-refractivity contribution is -0.126. The third-order valence-electron chi connectivity index (χ3n) is 3.42. The van der Waals surface area contributed by atoms with E-state index >= 15 is 0 Å². The van der Waals surface area contributed by atoms with Gasteiger partial charge in [-0.05, 0) is 40.8 Å². The Kier molecular flexibility index (Phi) is 3.58. The van der Waals surface area contributed by atoms with Gasteiger partial charge in [-0.15, -0.1) is 11.3 Å². The van der Waals surface area contributed by atoms with Crippen molar-refractivity contribution in [3.05, 3.63) is 63.4 Å². The van der Waals surface area contributed by atoms with Gasteiger partial charge in [-0.25, -0.2) is 4.79 Å². The molecule has 21 heavy (non-hydrogen) atoms. The second kappa shape index (κ2) is 5.54. The fourth-order valence-corrected chi connectivity index (χ4v) is 2.95. The van der Waals surface area contributed by atoms with E-state index in [9.17, 15) is 9.59 Å². The lowest BCUT2D eigenvalue weighted by Crippen LogP contribution is -2.22. The zero-order valence-corrected chi connectivity index (χ0v) is 12.0. The molecule has 4 nitrogen and oxygen atoms in total. The highest BCUT2D eigenvalue weighted by molar-refractivity contribution is 7.10. The molecule has 1 aromatic heterocycles. The average Bonchev–Trinajstić information content (AvgIpc) is 3.12. The van der Waals surface area contributed by atoms with Gasteiger partial charge in [0.05, 0.1) is 5.56 Å². The summed E-state index contributed by atoms with van der Waals surface area (Å²) in [6.45, 7) is 0.993. The topological polar surface area (TPSA) is 57.6 Å². The number of benzene rings is 1. The molecule has 0 unspecified atom stereocenters. The van der Waals surface area contributed by atoms with Gasteiger partial charge in [-0.1, -0.05) is 12.1 Å². The lowest BCUT2D eigenvalue weighted by atomic mass is 10.1. The molecule has 1 aliphatic heterocycles. The van der Waals surface area contributed by atoms with Gasteiger partial charge in [-0.3, -0.25) is 4.79 Å². The van der Waals surface area contributed by atoms with Gasteiger partial charge in [-0.2, -0.15) is 0 Å². The van der Waals surface area contributed by atoms with E-state index in [0.29, 0.717) is 13.1 Å². The average molecular weight is 299 g/mol. The molecule has 0 bridgehead atoms. The first kappa shape index (κ1) is 13.6. The van der Waals surface area contributed by atoms with Crippen LogP contribution >= 0.6 is 11.3 Å². The van der Waals surface area contributed by atoms with E-state index < -0.39 is 5.97 Å². The largest absolute Gasteiger partial charge is 0.478 e. The molecule has 1 N–H and O–H groups in total. The number of hydrogen-bond donors (Lipinski definition) is 1. The molecule has 1 aliphatic rings. The maximum atomic E-state index is 12.2. The second-order valence-electron chi connectivity index (χ2n) is 4.83. The van der Waals surface area contributed by atoms with Crippen LogP contribution in [0.1, 0.15) is 26.4 Å². The molecule has 3 rings (SSSR count). The fourth-order valence-electron chi connectivity index (χ4n) is 2.33. The maximum Gasteiger partial charge on any atom is 0.335 e. The molecule has 2 aromatic rings. The second-order valence-corrected chi connectivity index (χ2v) is 5.81. The van der Waals surface area contributed by atoms with Crippen molar-refractivity contribution in [3.63, 3.8) is 0 Å². The predicted molar refractivity (Wildman–Crippen MR) is 81.0 cm³/mol. The summed E-state index contributed by atoms with van der Waals surface area (Å²) in [4.78, 5) is 25.9. The molecular formula is C16H13NO3S. The van der Waals surface area contributed by atoms with Crippen molar-refractivity contribution in [1.29, 1.82) is 0 Å². The summed E-state index contributed by atoms with van der Waals surface area (Å²) >= 11 is 1.58. The first-order valence-electron chi connectivity index (χ1n) is 6.49. The number of nitrogens with zero attached hydrogens (tertiary/aromatic N) is 1. The molecule has 0 saturated carbocycles. The Hall–Kier alpha value is -2.40. The summed E-state index contributed by atoms with van der Waals surface area (Å²) in [5.41, 5.74) is 2.18. The number of carboxylic acid groups (broad SMARTS) is 1. The molecule has 0 spiro atoms. The Morgan fingerprint density at radius 2 is 2.00 bits per heavy atom. The van der Waals surface area contributed by atoms with E-state index in [2.05, 4.69) is 0 Å². The third kappa shape index (κ3) is 2.87. The standard InChI is InChI=1S/C16H13NO3S/c18-15(6-5-14-2-1-7-21-14)17-9-12-4-3-11(16(19)20)8-13(12)10-17/h1-8H,9-10H2,(H,19,20)/b6-5+. The Labute approximate surface area is 126 Å². The minimum absolute atomic E-state index is 0.0588. The van der Waals surface area contributed by atoms with Crippen LogP contribution in [0.3, 0.4) is 0 Å². The third-order valence-corrected chi connectivity index (χ3v) is 4.26.